The Kier molecular flexibility index (Phi) is 4.01. The van der Waals surface area contributed by atoms with Crippen LogP contribution in [0, 0.1) is 6.92 Å². The molecule has 22 heavy (non-hydrogen) atoms. The van der Waals surface area contributed by atoms with Gasteiger partial charge in [-0.05, 0) is 36.8 Å². The summed E-state index contributed by atoms with van der Waals surface area (Å²) in [7, 11) is 0. The highest BCUT2D eigenvalue weighted by Gasteiger charge is 2.11. The third-order valence-corrected chi connectivity index (χ3v) is 3.39. The Morgan fingerprint density at radius 1 is 1.05 bits per heavy atom. The summed E-state index contributed by atoms with van der Waals surface area (Å²) >= 11 is 0. The van der Waals surface area contributed by atoms with Crippen LogP contribution in [0.4, 0.5) is 5.82 Å². The average Bonchev–Trinajstić information content (AvgIpc) is 2.96. The molecule has 4 heteroatoms. The Bertz CT molecular complexity index is 778. The van der Waals surface area contributed by atoms with Gasteiger partial charge in [0.25, 0.3) is 5.91 Å². The van der Waals surface area contributed by atoms with Gasteiger partial charge in [0.15, 0.2) is 0 Å². The van der Waals surface area contributed by atoms with Gasteiger partial charge >= 0.3 is 0 Å². The Balaban J connectivity index is 1.78. The maximum Gasteiger partial charge on any atom is 0.273 e. The van der Waals surface area contributed by atoms with Crippen molar-refractivity contribution in [2.24, 2.45) is 0 Å². The van der Waals surface area contributed by atoms with E-state index in [-0.39, 0.29) is 5.91 Å². The van der Waals surface area contributed by atoms with Crippen LogP contribution >= 0.6 is 0 Å². The van der Waals surface area contributed by atoms with Gasteiger partial charge in [0.2, 0.25) is 0 Å². The van der Waals surface area contributed by atoms with E-state index in [2.05, 4.69) is 10.3 Å². The molecule has 0 aliphatic heterocycles. The molecule has 3 aromatic rings. The van der Waals surface area contributed by atoms with Gasteiger partial charge in [-0.2, -0.15) is 0 Å². The van der Waals surface area contributed by atoms with Crippen LogP contribution in [0.1, 0.15) is 21.7 Å². The molecule has 0 bridgehead atoms. The second-order valence-electron chi connectivity index (χ2n) is 5.13. The van der Waals surface area contributed by atoms with Gasteiger partial charge < -0.3 is 9.88 Å². The van der Waals surface area contributed by atoms with Crippen LogP contribution < -0.4 is 5.32 Å². The van der Waals surface area contributed by atoms with Crippen molar-refractivity contribution >= 4 is 11.7 Å². The largest absolute Gasteiger partial charge is 0.339 e. The van der Waals surface area contributed by atoms with E-state index in [1.165, 1.54) is 0 Å². The molecule has 0 spiro atoms. The molecule has 3 rings (SSSR count). The lowest BCUT2D eigenvalue weighted by Crippen LogP contribution is -2.18. The number of carbonyl (C=O) groups excluding carboxylic acids is 1. The number of pyridine rings is 1. The highest BCUT2D eigenvalue weighted by atomic mass is 16.2. The Morgan fingerprint density at radius 3 is 2.64 bits per heavy atom. The Hall–Kier alpha value is -2.88. The van der Waals surface area contributed by atoms with E-state index >= 15 is 0 Å². The van der Waals surface area contributed by atoms with Gasteiger partial charge in [-0.1, -0.05) is 36.4 Å². The van der Waals surface area contributed by atoms with E-state index in [0.717, 1.165) is 11.3 Å². The van der Waals surface area contributed by atoms with Gasteiger partial charge in [0, 0.05) is 18.4 Å². The summed E-state index contributed by atoms with van der Waals surface area (Å²) in [6, 6.07) is 19.3. The molecule has 0 radical (unpaired) electrons. The highest BCUT2D eigenvalue weighted by molar-refractivity contribution is 6.02. The van der Waals surface area contributed by atoms with Crippen LogP contribution in [0.2, 0.25) is 0 Å². The first kappa shape index (κ1) is 14.1. The Morgan fingerprint density at radius 2 is 1.86 bits per heavy atom. The second-order valence-corrected chi connectivity index (χ2v) is 5.13. The van der Waals surface area contributed by atoms with E-state index in [4.69, 9.17) is 0 Å². The van der Waals surface area contributed by atoms with Crippen molar-refractivity contribution in [3.63, 3.8) is 0 Å². The number of carbonyl (C=O) groups is 1. The first-order valence-electron chi connectivity index (χ1n) is 7.16. The summed E-state index contributed by atoms with van der Waals surface area (Å²) in [4.78, 5) is 16.7. The SMILES string of the molecule is Cc1cccc(NC(=O)c2cccn2Cc2ccccc2)n1. The minimum absolute atomic E-state index is 0.154. The van der Waals surface area contributed by atoms with E-state index in [0.29, 0.717) is 18.1 Å². The van der Waals surface area contributed by atoms with E-state index in [9.17, 15) is 4.79 Å². The van der Waals surface area contributed by atoms with Crippen LogP contribution in [0.3, 0.4) is 0 Å². The number of benzene rings is 1. The van der Waals surface area contributed by atoms with Crippen molar-refractivity contribution < 1.29 is 4.79 Å². The van der Waals surface area contributed by atoms with Crippen LogP contribution in [-0.2, 0) is 6.54 Å². The minimum Gasteiger partial charge on any atom is -0.339 e. The van der Waals surface area contributed by atoms with E-state index in [1.807, 2.05) is 72.3 Å². The normalized spacial score (nSPS) is 10.4. The molecule has 0 aliphatic carbocycles. The van der Waals surface area contributed by atoms with Gasteiger partial charge in [-0.3, -0.25) is 4.79 Å². The summed E-state index contributed by atoms with van der Waals surface area (Å²) in [5, 5.41) is 2.84. The predicted octanol–water partition coefficient (Wildman–Crippen LogP) is 3.49. The summed E-state index contributed by atoms with van der Waals surface area (Å²) < 4.78 is 1.93. The second kappa shape index (κ2) is 6.26. The van der Waals surface area contributed by atoms with Gasteiger partial charge in [0.1, 0.15) is 11.5 Å². The molecule has 0 unspecified atom stereocenters. The van der Waals surface area contributed by atoms with E-state index in [1.54, 1.807) is 6.07 Å². The van der Waals surface area contributed by atoms with Crippen molar-refractivity contribution in [3.8, 4) is 0 Å². The lowest BCUT2D eigenvalue weighted by molar-refractivity contribution is 0.101. The fourth-order valence-electron chi connectivity index (χ4n) is 2.33. The number of nitrogens with one attached hydrogen (secondary N) is 1. The Labute approximate surface area is 129 Å². The minimum atomic E-state index is -0.154. The van der Waals surface area contributed by atoms with Crippen LogP contribution in [0.25, 0.3) is 0 Å². The molecule has 110 valence electrons. The number of anilines is 1. The number of amides is 1. The first-order chi connectivity index (χ1) is 10.7. The predicted molar refractivity (Wildman–Crippen MR) is 86.9 cm³/mol. The summed E-state index contributed by atoms with van der Waals surface area (Å²) in [6.07, 6.45) is 1.91. The average molecular weight is 291 g/mol. The molecule has 1 N–H and O–H groups in total. The molecule has 4 nitrogen and oxygen atoms in total. The molecule has 0 aliphatic rings. The fourth-order valence-corrected chi connectivity index (χ4v) is 2.33. The topological polar surface area (TPSA) is 46.9 Å². The summed E-state index contributed by atoms with van der Waals surface area (Å²) in [5.74, 6) is 0.413. The van der Waals surface area contributed by atoms with Gasteiger partial charge in [-0.25, -0.2) is 4.98 Å². The standard InChI is InChI=1S/C18H17N3O/c1-14-7-5-11-17(19-14)20-18(22)16-10-6-12-21(16)13-15-8-3-2-4-9-15/h2-12H,13H2,1H3,(H,19,20,22). The van der Waals surface area contributed by atoms with Crippen molar-refractivity contribution in [1.82, 2.24) is 9.55 Å². The van der Waals surface area contributed by atoms with Crippen LogP contribution in [0.15, 0.2) is 66.9 Å². The third-order valence-electron chi connectivity index (χ3n) is 3.39. The van der Waals surface area contributed by atoms with Crippen LogP contribution in [-0.4, -0.2) is 15.5 Å². The molecule has 0 fully saturated rings. The molecule has 1 amide bonds. The maximum atomic E-state index is 12.4. The zero-order valence-electron chi connectivity index (χ0n) is 12.4. The lowest BCUT2D eigenvalue weighted by atomic mass is 10.2. The van der Waals surface area contributed by atoms with Crippen LogP contribution in [0.5, 0.6) is 0 Å². The molecule has 0 saturated carbocycles. The molecule has 2 heterocycles. The quantitative estimate of drug-likeness (QED) is 0.800. The zero-order valence-corrected chi connectivity index (χ0v) is 12.4. The maximum absolute atomic E-state index is 12.4. The number of rotatable bonds is 4. The summed E-state index contributed by atoms with van der Waals surface area (Å²) in [6.45, 7) is 2.56. The molecule has 0 atom stereocenters. The van der Waals surface area contributed by atoms with E-state index < -0.39 is 0 Å². The van der Waals surface area contributed by atoms with Crippen molar-refractivity contribution in [2.45, 2.75) is 13.5 Å². The fraction of sp³-hybridized carbons (Fsp3) is 0.111. The molecule has 0 saturated heterocycles. The van der Waals surface area contributed by atoms with Gasteiger partial charge in [-0.15, -0.1) is 0 Å². The lowest BCUT2D eigenvalue weighted by Gasteiger charge is -2.10. The third kappa shape index (κ3) is 3.23. The monoisotopic (exact) mass is 291 g/mol. The van der Waals surface area contributed by atoms with Gasteiger partial charge in [0.05, 0.1) is 0 Å². The smallest absolute Gasteiger partial charge is 0.273 e. The molecule has 2 aromatic heterocycles. The molecular formula is C18H17N3O. The summed E-state index contributed by atoms with van der Waals surface area (Å²) in [5.41, 5.74) is 2.64. The zero-order chi connectivity index (χ0) is 15.4. The first-order valence-corrected chi connectivity index (χ1v) is 7.16. The number of hydrogen-bond donors (Lipinski definition) is 1. The molecule has 1 aromatic carbocycles. The number of aryl methyl sites for hydroxylation is 1. The highest BCUT2D eigenvalue weighted by Crippen LogP contribution is 2.11. The van der Waals surface area contributed by atoms with Crippen molar-refractivity contribution in [2.75, 3.05) is 5.32 Å². The number of hydrogen-bond acceptors (Lipinski definition) is 2. The number of nitrogens with zero attached hydrogens (tertiary/aromatic N) is 2. The number of aromatic nitrogens is 2. The molecular weight excluding hydrogens is 274 g/mol. The van der Waals surface area contributed by atoms with Crippen molar-refractivity contribution in [3.05, 3.63) is 83.8 Å². The van der Waals surface area contributed by atoms with Crippen molar-refractivity contribution in [1.29, 1.82) is 0 Å².